The van der Waals surface area contributed by atoms with Gasteiger partial charge in [-0.15, -0.1) is 0 Å². The molecule has 3 amide bonds. The molecule has 0 bridgehead atoms. The number of nitrogens with zero attached hydrogens (tertiary/aromatic N) is 1. The standard InChI is InChI=1S/C24H30FN3O4/c1-14(15-4-6-24(7-5-15)8-9-27-13-24)16-11-17-18(12-19(16)25)23(32)28(22(17)31)20(21(26)30)3-2-10-29/h10-12,14-15,20,27H,2-9,13H2,1H3,(H2,26,30). The molecule has 3 aliphatic rings. The first-order valence-electron chi connectivity index (χ1n) is 11.4. The SMILES string of the molecule is CC(c1cc2c(cc1F)C(=O)N(C(CCC=O)C(N)=O)C2=O)C1CCC2(CCNC2)CC1. The lowest BCUT2D eigenvalue weighted by atomic mass is 9.66. The fraction of sp³-hybridized carbons (Fsp3) is 0.583. The number of primary amides is 1. The summed E-state index contributed by atoms with van der Waals surface area (Å²) >= 11 is 0. The summed E-state index contributed by atoms with van der Waals surface area (Å²) in [5.41, 5.74) is 6.24. The first-order valence-corrected chi connectivity index (χ1v) is 11.4. The Bertz CT molecular complexity index is 947. The molecule has 1 saturated carbocycles. The molecule has 2 aliphatic heterocycles. The van der Waals surface area contributed by atoms with Crippen LogP contribution in [0.5, 0.6) is 0 Å². The summed E-state index contributed by atoms with van der Waals surface area (Å²) in [5.74, 6) is -2.56. The maximum atomic E-state index is 15.1. The zero-order valence-corrected chi connectivity index (χ0v) is 18.4. The van der Waals surface area contributed by atoms with Crippen molar-refractivity contribution in [3.8, 4) is 0 Å². The number of carbonyl (C=O) groups is 4. The van der Waals surface area contributed by atoms with Gasteiger partial charge in [-0.25, -0.2) is 4.39 Å². The van der Waals surface area contributed by atoms with Crippen molar-refractivity contribution in [1.29, 1.82) is 0 Å². The van der Waals surface area contributed by atoms with E-state index in [1.54, 1.807) is 0 Å². The molecule has 2 fully saturated rings. The largest absolute Gasteiger partial charge is 0.368 e. The number of amides is 3. The molecule has 1 saturated heterocycles. The Morgan fingerprint density at radius 2 is 1.91 bits per heavy atom. The Hall–Kier alpha value is -2.61. The zero-order chi connectivity index (χ0) is 23.0. The third kappa shape index (κ3) is 3.85. The van der Waals surface area contributed by atoms with Crippen molar-refractivity contribution in [2.24, 2.45) is 17.1 Å². The zero-order valence-electron chi connectivity index (χ0n) is 18.4. The summed E-state index contributed by atoms with van der Waals surface area (Å²) in [6.07, 6.45) is 5.97. The summed E-state index contributed by atoms with van der Waals surface area (Å²) in [6.45, 7) is 4.10. The van der Waals surface area contributed by atoms with Crippen LogP contribution >= 0.6 is 0 Å². The van der Waals surface area contributed by atoms with Gasteiger partial charge in [0.15, 0.2) is 0 Å². The molecule has 1 spiro atoms. The first-order chi connectivity index (χ1) is 15.3. The van der Waals surface area contributed by atoms with Gasteiger partial charge in [0.1, 0.15) is 18.1 Å². The smallest absolute Gasteiger partial charge is 0.262 e. The van der Waals surface area contributed by atoms with E-state index in [9.17, 15) is 19.2 Å². The van der Waals surface area contributed by atoms with Gasteiger partial charge in [0, 0.05) is 13.0 Å². The van der Waals surface area contributed by atoms with Crippen LogP contribution in [0.3, 0.4) is 0 Å². The summed E-state index contributed by atoms with van der Waals surface area (Å²) in [7, 11) is 0. The molecule has 32 heavy (non-hydrogen) atoms. The van der Waals surface area contributed by atoms with Crippen LogP contribution in [0.15, 0.2) is 12.1 Å². The first kappa shape index (κ1) is 22.6. The summed E-state index contributed by atoms with van der Waals surface area (Å²) in [5, 5.41) is 3.45. The monoisotopic (exact) mass is 443 g/mol. The Morgan fingerprint density at radius 3 is 2.47 bits per heavy atom. The number of benzene rings is 1. The number of imide groups is 1. The van der Waals surface area contributed by atoms with Gasteiger partial charge < -0.3 is 15.8 Å². The second kappa shape index (κ2) is 8.73. The lowest BCUT2D eigenvalue weighted by molar-refractivity contribution is -0.122. The Kier molecular flexibility index (Phi) is 6.16. The summed E-state index contributed by atoms with van der Waals surface area (Å²) in [6, 6.07) is 1.37. The number of aldehydes is 1. The van der Waals surface area contributed by atoms with E-state index in [1.807, 2.05) is 6.92 Å². The minimum absolute atomic E-state index is 0.0175. The van der Waals surface area contributed by atoms with Crippen molar-refractivity contribution >= 4 is 24.0 Å². The molecule has 8 heteroatoms. The van der Waals surface area contributed by atoms with Gasteiger partial charge in [-0.2, -0.15) is 0 Å². The molecule has 1 aromatic carbocycles. The van der Waals surface area contributed by atoms with Crippen molar-refractivity contribution in [1.82, 2.24) is 10.2 Å². The molecule has 7 nitrogen and oxygen atoms in total. The minimum atomic E-state index is -1.23. The van der Waals surface area contributed by atoms with Crippen LogP contribution in [-0.4, -0.2) is 48.0 Å². The van der Waals surface area contributed by atoms with Gasteiger partial charge in [0.25, 0.3) is 11.8 Å². The van der Waals surface area contributed by atoms with E-state index >= 15 is 4.39 Å². The molecule has 0 aromatic heterocycles. The predicted octanol–water partition coefficient (Wildman–Crippen LogP) is 2.53. The van der Waals surface area contributed by atoms with Crippen LogP contribution < -0.4 is 11.1 Å². The number of halogens is 1. The summed E-state index contributed by atoms with van der Waals surface area (Å²) in [4.78, 5) is 49.2. The Morgan fingerprint density at radius 1 is 1.25 bits per heavy atom. The highest BCUT2D eigenvalue weighted by molar-refractivity contribution is 6.23. The molecule has 4 rings (SSSR count). The lowest BCUT2D eigenvalue weighted by Crippen LogP contribution is -2.47. The van der Waals surface area contributed by atoms with E-state index in [0.29, 0.717) is 23.2 Å². The number of hydrogen-bond donors (Lipinski definition) is 2. The molecule has 2 atom stereocenters. The van der Waals surface area contributed by atoms with Crippen LogP contribution in [0.2, 0.25) is 0 Å². The van der Waals surface area contributed by atoms with E-state index in [1.165, 1.54) is 12.5 Å². The molecule has 2 heterocycles. The van der Waals surface area contributed by atoms with Crippen molar-refractivity contribution in [3.63, 3.8) is 0 Å². The van der Waals surface area contributed by atoms with E-state index in [4.69, 9.17) is 5.73 Å². The van der Waals surface area contributed by atoms with E-state index in [-0.39, 0.29) is 29.9 Å². The van der Waals surface area contributed by atoms with Gasteiger partial charge >= 0.3 is 0 Å². The number of carbonyl (C=O) groups excluding carboxylic acids is 4. The number of fused-ring (bicyclic) bond motifs is 1. The second-order valence-electron chi connectivity index (χ2n) is 9.61. The normalized spacial score (nSPS) is 26.9. The Labute approximate surface area is 186 Å². The van der Waals surface area contributed by atoms with Crippen molar-refractivity contribution in [2.75, 3.05) is 13.1 Å². The highest BCUT2D eigenvalue weighted by Crippen LogP contribution is 2.47. The van der Waals surface area contributed by atoms with Crippen molar-refractivity contribution < 1.29 is 23.6 Å². The average molecular weight is 444 g/mol. The minimum Gasteiger partial charge on any atom is -0.368 e. The maximum absolute atomic E-state index is 15.1. The quantitative estimate of drug-likeness (QED) is 0.497. The number of rotatable bonds is 7. The number of hydrogen-bond acceptors (Lipinski definition) is 5. The third-order valence-corrected chi connectivity index (χ3v) is 7.85. The predicted molar refractivity (Wildman–Crippen MR) is 115 cm³/mol. The second-order valence-corrected chi connectivity index (χ2v) is 9.61. The van der Waals surface area contributed by atoms with Crippen LogP contribution in [0.1, 0.15) is 84.1 Å². The molecule has 2 unspecified atom stereocenters. The van der Waals surface area contributed by atoms with E-state index < -0.39 is 29.6 Å². The topological polar surface area (TPSA) is 110 Å². The molecular weight excluding hydrogens is 413 g/mol. The Balaban J connectivity index is 1.56. The highest BCUT2D eigenvalue weighted by Gasteiger charge is 2.44. The number of nitrogens with one attached hydrogen (secondary N) is 1. The maximum Gasteiger partial charge on any atom is 0.262 e. The van der Waals surface area contributed by atoms with Gasteiger partial charge in [0.05, 0.1) is 11.1 Å². The molecule has 172 valence electrons. The molecule has 0 radical (unpaired) electrons. The van der Waals surface area contributed by atoms with E-state index in [0.717, 1.165) is 49.7 Å². The van der Waals surface area contributed by atoms with Crippen LogP contribution in [0, 0.1) is 17.2 Å². The highest BCUT2D eigenvalue weighted by atomic mass is 19.1. The molecule has 1 aliphatic carbocycles. The third-order valence-electron chi connectivity index (χ3n) is 7.85. The summed E-state index contributed by atoms with van der Waals surface area (Å²) < 4.78 is 15.1. The molecule has 3 N–H and O–H groups in total. The van der Waals surface area contributed by atoms with Gasteiger partial charge in [0.2, 0.25) is 5.91 Å². The lowest BCUT2D eigenvalue weighted by Gasteiger charge is -2.39. The van der Waals surface area contributed by atoms with Gasteiger partial charge in [-0.05, 0) is 80.0 Å². The molecular formula is C24H30FN3O4. The van der Waals surface area contributed by atoms with Crippen LogP contribution in [0.4, 0.5) is 4.39 Å². The average Bonchev–Trinajstić information content (AvgIpc) is 3.31. The fourth-order valence-corrected chi connectivity index (χ4v) is 5.78. The van der Waals surface area contributed by atoms with Crippen LogP contribution in [0.25, 0.3) is 0 Å². The fourth-order valence-electron chi connectivity index (χ4n) is 5.78. The van der Waals surface area contributed by atoms with Crippen molar-refractivity contribution in [2.45, 2.75) is 63.8 Å². The van der Waals surface area contributed by atoms with Crippen LogP contribution in [-0.2, 0) is 9.59 Å². The molecule has 1 aromatic rings. The van der Waals surface area contributed by atoms with Gasteiger partial charge in [-0.3, -0.25) is 19.3 Å². The number of nitrogens with two attached hydrogens (primary N) is 1. The van der Waals surface area contributed by atoms with Crippen molar-refractivity contribution in [3.05, 3.63) is 34.6 Å². The van der Waals surface area contributed by atoms with Gasteiger partial charge in [-0.1, -0.05) is 6.92 Å². The van der Waals surface area contributed by atoms with E-state index in [2.05, 4.69) is 5.32 Å².